The number of aryl methyl sites for hydroxylation is 3. The fraction of sp³-hybridized carbons (Fsp3) is 0.381. The maximum absolute atomic E-state index is 12.1. The Morgan fingerprint density at radius 1 is 1.22 bits per heavy atom. The average Bonchev–Trinajstić information content (AvgIpc) is 2.88. The molecule has 0 fully saturated rings. The topological polar surface area (TPSA) is 73.2 Å². The number of rotatable bonds is 7. The number of nitrogens with one attached hydrogen (secondary N) is 1. The van der Waals surface area contributed by atoms with E-state index in [4.69, 9.17) is 4.74 Å². The standard InChI is InChI=1S/C21H27N3O3/c1-6-19(17-9-7-14(2)8-10-17)22-20(25)13-27-21(26)12-11-18-15(3)23-24(5)16(18)4/h7-12,19H,6,13H2,1-5H3,(H,22,25)/b12-11+/t19-/m0/s1. The molecule has 0 aliphatic heterocycles. The Morgan fingerprint density at radius 2 is 1.89 bits per heavy atom. The summed E-state index contributed by atoms with van der Waals surface area (Å²) in [4.78, 5) is 24.0. The van der Waals surface area contributed by atoms with Crippen molar-refractivity contribution in [2.75, 3.05) is 6.61 Å². The molecule has 2 aromatic rings. The van der Waals surface area contributed by atoms with Gasteiger partial charge in [-0.15, -0.1) is 0 Å². The molecule has 0 aliphatic rings. The van der Waals surface area contributed by atoms with E-state index in [2.05, 4.69) is 10.4 Å². The third-order valence-electron chi connectivity index (χ3n) is 4.52. The third kappa shape index (κ3) is 5.54. The fourth-order valence-corrected chi connectivity index (χ4v) is 2.82. The Hall–Kier alpha value is -2.89. The summed E-state index contributed by atoms with van der Waals surface area (Å²) in [6.07, 6.45) is 3.74. The number of carbonyl (C=O) groups excluding carboxylic acids is 2. The second kappa shape index (κ2) is 9.16. The minimum absolute atomic E-state index is 0.104. The van der Waals surface area contributed by atoms with Crippen LogP contribution in [0.4, 0.5) is 0 Å². The predicted octanol–water partition coefficient (Wildman–Crippen LogP) is 3.17. The van der Waals surface area contributed by atoms with E-state index in [1.165, 1.54) is 11.6 Å². The van der Waals surface area contributed by atoms with Gasteiger partial charge in [0.1, 0.15) is 0 Å². The van der Waals surface area contributed by atoms with Crippen LogP contribution in [0.5, 0.6) is 0 Å². The van der Waals surface area contributed by atoms with Crippen molar-refractivity contribution in [1.82, 2.24) is 15.1 Å². The first-order chi connectivity index (χ1) is 12.8. The number of carbonyl (C=O) groups is 2. The average molecular weight is 369 g/mol. The van der Waals surface area contributed by atoms with Gasteiger partial charge in [0.2, 0.25) is 0 Å². The monoisotopic (exact) mass is 369 g/mol. The van der Waals surface area contributed by atoms with Crippen molar-refractivity contribution in [3.63, 3.8) is 0 Å². The maximum atomic E-state index is 12.1. The van der Waals surface area contributed by atoms with Crippen molar-refractivity contribution < 1.29 is 14.3 Å². The Bertz CT molecular complexity index is 835. The molecule has 0 bridgehead atoms. The minimum atomic E-state index is -0.559. The lowest BCUT2D eigenvalue weighted by Crippen LogP contribution is -2.32. The van der Waals surface area contributed by atoms with E-state index in [0.717, 1.165) is 28.9 Å². The molecular formula is C21H27N3O3. The van der Waals surface area contributed by atoms with Crippen molar-refractivity contribution >= 4 is 18.0 Å². The van der Waals surface area contributed by atoms with Crippen LogP contribution in [0.25, 0.3) is 6.08 Å². The van der Waals surface area contributed by atoms with Crippen LogP contribution in [0.2, 0.25) is 0 Å². The fourth-order valence-electron chi connectivity index (χ4n) is 2.82. The number of ether oxygens (including phenoxy) is 1. The number of benzene rings is 1. The molecule has 27 heavy (non-hydrogen) atoms. The lowest BCUT2D eigenvalue weighted by Gasteiger charge is -2.17. The maximum Gasteiger partial charge on any atom is 0.331 e. The van der Waals surface area contributed by atoms with E-state index in [1.54, 1.807) is 10.8 Å². The largest absolute Gasteiger partial charge is 0.452 e. The predicted molar refractivity (Wildman–Crippen MR) is 105 cm³/mol. The van der Waals surface area contributed by atoms with Crippen molar-refractivity contribution in [2.24, 2.45) is 7.05 Å². The molecule has 0 saturated heterocycles. The van der Waals surface area contributed by atoms with Crippen LogP contribution >= 0.6 is 0 Å². The molecular weight excluding hydrogens is 342 g/mol. The van der Waals surface area contributed by atoms with Gasteiger partial charge in [0.25, 0.3) is 5.91 Å². The molecule has 6 heteroatoms. The number of nitrogens with zero attached hydrogens (tertiary/aromatic N) is 2. The van der Waals surface area contributed by atoms with Gasteiger partial charge in [0.15, 0.2) is 6.61 Å². The molecule has 1 aromatic carbocycles. The molecule has 0 aliphatic carbocycles. The Kier molecular flexibility index (Phi) is 6.93. The van der Waals surface area contributed by atoms with Crippen LogP contribution in [0, 0.1) is 20.8 Å². The molecule has 1 N–H and O–H groups in total. The highest BCUT2D eigenvalue weighted by Crippen LogP contribution is 2.17. The van der Waals surface area contributed by atoms with Crippen molar-refractivity contribution in [1.29, 1.82) is 0 Å². The van der Waals surface area contributed by atoms with E-state index in [9.17, 15) is 9.59 Å². The summed E-state index contributed by atoms with van der Waals surface area (Å²) < 4.78 is 6.80. The molecule has 6 nitrogen and oxygen atoms in total. The van der Waals surface area contributed by atoms with Gasteiger partial charge in [-0.05, 0) is 38.8 Å². The molecule has 0 unspecified atom stereocenters. The molecule has 2 rings (SSSR count). The van der Waals surface area contributed by atoms with E-state index in [-0.39, 0.29) is 18.6 Å². The van der Waals surface area contributed by atoms with Crippen molar-refractivity contribution in [2.45, 2.75) is 40.2 Å². The highest BCUT2D eigenvalue weighted by atomic mass is 16.5. The molecule has 0 spiro atoms. The number of hydrogen-bond donors (Lipinski definition) is 1. The lowest BCUT2D eigenvalue weighted by molar-refractivity contribution is -0.144. The Labute approximate surface area is 160 Å². The summed E-state index contributed by atoms with van der Waals surface area (Å²) in [5.74, 6) is -0.880. The van der Waals surface area contributed by atoms with Gasteiger partial charge < -0.3 is 10.1 Å². The zero-order chi connectivity index (χ0) is 20.0. The van der Waals surface area contributed by atoms with Crippen LogP contribution in [0.1, 0.15) is 47.5 Å². The summed E-state index contributed by atoms with van der Waals surface area (Å²) in [7, 11) is 1.85. The minimum Gasteiger partial charge on any atom is -0.452 e. The summed E-state index contributed by atoms with van der Waals surface area (Å²) in [6, 6.07) is 7.91. The van der Waals surface area contributed by atoms with Crippen molar-refractivity contribution in [3.05, 3.63) is 58.4 Å². The zero-order valence-electron chi connectivity index (χ0n) is 16.6. The number of hydrogen-bond acceptors (Lipinski definition) is 4. The quantitative estimate of drug-likeness (QED) is 0.601. The number of aromatic nitrogens is 2. The molecule has 1 amide bonds. The number of amides is 1. The van der Waals surface area contributed by atoms with E-state index in [1.807, 2.05) is 59.0 Å². The zero-order valence-corrected chi connectivity index (χ0v) is 16.6. The SMILES string of the molecule is CC[C@H](NC(=O)COC(=O)/C=C/c1c(C)nn(C)c1C)c1ccc(C)cc1. The van der Waals surface area contributed by atoms with Crippen LogP contribution in [-0.4, -0.2) is 28.3 Å². The van der Waals surface area contributed by atoms with Crippen LogP contribution < -0.4 is 5.32 Å². The molecule has 0 saturated carbocycles. The molecule has 1 heterocycles. The van der Waals surface area contributed by atoms with Crippen LogP contribution in [0.3, 0.4) is 0 Å². The molecule has 1 atom stereocenters. The van der Waals surface area contributed by atoms with Crippen molar-refractivity contribution in [3.8, 4) is 0 Å². The van der Waals surface area contributed by atoms with Gasteiger partial charge in [-0.3, -0.25) is 9.48 Å². The van der Waals surface area contributed by atoms with Gasteiger partial charge in [0.05, 0.1) is 11.7 Å². The van der Waals surface area contributed by atoms with E-state index in [0.29, 0.717) is 0 Å². The first kappa shape index (κ1) is 20.4. The first-order valence-electron chi connectivity index (χ1n) is 9.02. The summed E-state index contributed by atoms with van der Waals surface area (Å²) >= 11 is 0. The van der Waals surface area contributed by atoms with Gasteiger partial charge >= 0.3 is 5.97 Å². The lowest BCUT2D eigenvalue weighted by atomic mass is 10.0. The van der Waals surface area contributed by atoms with Crippen LogP contribution in [-0.2, 0) is 21.4 Å². The van der Waals surface area contributed by atoms with Gasteiger partial charge in [-0.25, -0.2) is 4.79 Å². The van der Waals surface area contributed by atoms with Gasteiger partial charge in [-0.2, -0.15) is 5.10 Å². The molecule has 144 valence electrons. The summed E-state index contributed by atoms with van der Waals surface area (Å²) in [6.45, 7) is 7.51. The number of esters is 1. The second-order valence-corrected chi connectivity index (χ2v) is 6.59. The van der Waals surface area contributed by atoms with E-state index < -0.39 is 5.97 Å². The van der Waals surface area contributed by atoms with Gasteiger partial charge in [-0.1, -0.05) is 36.8 Å². The normalized spacial score (nSPS) is 12.2. The highest BCUT2D eigenvalue weighted by Gasteiger charge is 2.14. The highest BCUT2D eigenvalue weighted by molar-refractivity contribution is 5.89. The first-order valence-corrected chi connectivity index (χ1v) is 9.02. The molecule has 1 aromatic heterocycles. The van der Waals surface area contributed by atoms with Crippen LogP contribution in [0.15, 0.2) is 30.3 Å². The Balaban J connectivity index is 1.87. The van der Waals surface area contributed by atoms with Gasteiger partial charge in [0, 0.05) is 24.4 Å². The summed E-state index contributed by atoms with van der Waals surface area (Å²) in [5.41, 5.74) is 4.87. The third-order valence-corrected chi connectivity index (χ3v) is 4.52. The second-order valence-electron chi connectivity index (χ2n) is 6.59. The summed E-state index contributed by atoms with van der Waals surface area (Å²) in [5, 5.41) is 7.19. The Morgan fingerprint density at radius 3 is 2.44 bits per heavy atom. The van der Waals surface area contributed by atoms with E-state index >= 15 is 0 Å². The smallest absolute Gasteiger partial charge is 0.331 e. The molecule has 0 radical (unpaired) electrons.